The van der Waals surface area contributed by atoms with Crippen LogP contribution >= 0.6 is 0 Å². The molecule has 0 atom stereocenters. The van der Waals surface area contributed by atoms with Crippen LogP contribution in [-0.4, -0.2) is 66.4 Å². The lowest BCUT2D eigenvalue weighted by Crippen LogP contribution is -2.44. The summed E-state index contributed by atoms with van der Waals surface area (Å²) in [4.78, 5) is 27.2. The lowest BCUT2D eigenvalue weighted by molar-refractivity contribution is -0.149. The van der Waals surface area contributed by atoms with Crippen molar-refractivity contribution in [3.8, 4) is 22.9 Å². The van der Waals surface area contributed by atoms with Crippen molar-refractivity contribution < 1.29 is 45.9 Å². The summed E-state index contributed by atoms with van der Waals surface area (Å²) in [6, 6.07) is 18.8. The van der Waals surface area contributed by atoms with Crippen molar-refractivity contribution in [2.75, 3.05) is 49.4 Å². The third kappa shape index (κ3) is 8.18. The minimum absolute atomic E-state index is 0.00938. The molecule has 0 radical (unpaired) electrons. The number of esters is 1. The molecule has 1 aliphatic heterocycles. The normalized spacial score (nSPS) is 14.2. The van der Waals surface area contributed by atoms with Gasteiger partial charge < -0.3 is 23.8 Å². The summed E-state index contributed by atoms with van der Waals surface area (Å²) in [5.74, 6) is -0.386. The molecule has 0 N–H and O–H groups in total. The molecule has 4 rings (SSSR count). The van der Waals surface area contributed by atoms with Crippen molar-refractivity contribution >= 4 is 39.6 Å². The first-order valence-corrected chi connectivity index (χ1v) is 15.2. The SMILES string of the molecule is CCOC(=O)COCCOCCOc1ccc(-c2ccc(N3C(=S=O)N(c4ccc(C#N)c(C(F)(F)F)c4)C(=O)C3(C)C)cc2)cc1. The summed E-state index contributed by atoms with van der Waals surface area (Å²) >= 11 is -0.00938. The second-order valence-electron chi connectivity index (χ2n) is 10.6. The van der Waals surface area contributed by atoms with E-state index in [2.05, 4.69) is 0 Å². The first-order chi connectivity index (χ1) is 22.4. The van der Waals surface area contributed by atoms with Crippen LogP contribution in [0.25, 0.3) is 11.1 Å². The highest BCUT2D eigenvalue weighted by Crippen LogP contribution is 2.39. The summed E-state index contributed by atoms with van der Waals surface area (Å²) in [6.07, 6.45) is -4.83. The van der Waals surface area contributed by atoms with Crippen molar-refractivity contribution in [2.24, 2.45) is 0 Å². The van der Waals surface area contributed by atoms with Crippen molar-refractivity contribution in [1.82, 2.24) is 0 Å². The molecule has 0 unspecified atom stereocenters. The van der Waals surface area contributed by atoms with Gasteiger partial charge in [-0.3, -0.25) is 9.69 Å². The Labute approximate surface area is 273 Å². The van der Waals surface area contributed by atoms with Gasteiger partial charge in [0.1, 0.15) is 35.8 Å². The maximum Gasteiger partial charge on any atom is 0.417 e. The van der Waals surface area contributed by atoms with Gasteiger partial charge in [0, 0.05) is 5.69 Å². The van der Waals surface area contributed by atoms with E-state index in [1.165, 1.54) is 17.0 Å². The second-order valence-corrected chi connectivity index (χ2v) is 11.2. The number of carbonyl (C=O) groups excluding carboxylic acids is 2. The van der Waals surface area contributed by atoms with E-state index in [0.717, 1.165) is 22.1 Å². The quantitative estimate of drug-likeness (QED) is 0.138. The zero-order valence-electron chi connectivity index (χ0n) is 25.8. The van der Waals surface area contributed by atoms with Crippen LogP contribution < -0.4 is 14.5 Å². The smallest absolute Gasteiger partial charge is 0.417 e. The van der Waals surface area contributed by atoms with Crippen LogP contribution in [0.2, 0.25) is 0 Å². The number of nitriles is 1. The third-order valence-electron chi connectivity index (χ3n) is 7.14. The summed E-state index contributed by atoms with van der Waals surface area (Å²) in [5, 5.41) is 9.04. The highest BCUT2D eigenvalue weighted by molar-refractivity contribution is 7.67. The van der Waals surface area contributed by atoms with Crippen molar-refractivity contribution in [2.45, 2.75) is 32.5 Å². The minimum Gasteiger partial charge on any atom is -0.491 e. The van der Waals surface area contributed by atoms with Gasteiger partial charge >= 0.3 is 12.1 Å². The molecule has 0 aliphatic carbocycles. The number of hydrogen-bond donors (Lipinski definition) is 0. The summed E-state index contributed by atoms with van der Waals surface area (Å²) in [6.45, 7) is 6.26. The first kappa shape index (κ1) is 35.1. The number of alkyl halides is 3. The van der Waals surface area contributed by atoms with E-state index in [9.17, 15) is 27.0 Å². The highest BCUT2D eigenvalue weighted by Gasteiger charge is 2.51. The fourth-order valence-corrected chi connectivity index (χ4v) is 5.55. The van der Waals surface area contributed by atoms with Gasteiger partial charge in [0.25, 0.3) is 5.91 Å². The van der Waals surface area contributed by atoms with Crippen molar-refractivity contribution in [3.05, 3.63) is 77.9 Å². The molecule has 47 heavy (non-hydrogen) atoms. The van der Waals surface area contributed by atoms with E-state index in [1.54, 1.807) is 45.0 Å². The van der Waals surface area contributed by atoms with Gasteiger partial charge in [-0.15, -0.1) is 0 Å². The Morgan fingerprint density at radius 3 is 2.11 bits per heavy atom. The number of carbonyl (C=O) groups is 2. The van der Waals surface area contributed by atoms with Crippen LogP contribution in [0.3, 0.4) is 0 Å². The standard InChI is InChI=1S/C33H32F3N3O7S/c1-4-45-29(40)21-44-16-15-43-17-18-46-27-13-8-23(9-14-27)22-5-10-25(11-6-22)39-31(47-42)38(30(41)32(39,2)3)26-12-7-24(20-37)28(19-26)33(34,35)36/h5-14,19H,4,15-18,21H2,1-3H3. The predicted octanol–water partition coefficient (Wildman–Crippen LogP) is 5.15. The molecule has 0 aromatic heterocycles. The second kappa shape index (κ2) is 15.3. The first-order valence-electron chi connectivity index (χ1n) is 14.5. The number of ether oxygens (including phenoxy) is 4. The Kier molecular flexibility index (Phi) is 11.4. The molecule has 3 aromatic rings. The van der Waals surface area contributed by atoms with Gasteiger partial charge in [0.15, 0.2) is 0 Å². The molecule has 1 aliphatic rings. The Balaban J connectivity index is 1.40. The van der Waals surface area contributed by atoms with E-state index in [1.807, 2.05) is 24.3 Å². The fraction of sp³-hybridized carbons (Fsp3) is 0.333. The number of rotatable bonds is 13. The van der Waals surface area contributed by atoms with Crippen molar-refractivity contribution in [3.63, 3.8) is 0 Å². The van der Waals surface area contributed by atoms with E-state index in [0.29, 0.717) is 43.9 Å². The Morgan fingerprint density at radius 2 is 1.51 bits per heavy atom. The maximum absolute atomic E-state index is 13.7. The van der Waals surface area contributed by atoms with Gasteiger partial charge in [-0.05, 0) is 74.4 Å². The molecule has 248 valence electrons. The van der Waals surface area contributed by atoms with Gasteiger partial charge in [-0.2, -0.15) is 18.4 Å². The van der Waals surface area contributed by atoms with E-state index in [4.69, 9.17) is 24.2 Å². The average Bonchev–Trinajstić information content (AvgIpc) is 3.26. The lowest BCUT2D eigenvalue weighted by Gasteiger charge is -2.29. The summed E-state index contributed by atoms with van der Waals surface area (Å²) in [5.41, 5.74) is -1.05. The van der Waals surface area contributed by atoms with Crippen LogP contribution in [-0.2, 0) is 41.2 Å². The van der Waals surface area contributed by atoms with Crippen LogP contribution in [0.1, 0.15) is 31.9 Å². The largest absolute Gasteiger partial charge is 0.491 e. The third-order valence-corrected chi connectivity index (χ3v) is 7.65. The Morgan fingerprint density at radius 1 is 0.915 bits per heavy atom. The molecule has 1 amide bonds. The molecule has 14 heteroatoms. The molecule has 1 heterocycles. The topological polar surface area (TPSA) is 118 Å². The Bertz CT molecular complexity index is 1680. The number of halogens is 3. The number of hydrogen-bond acceptors (Lipinski definition) is 8. The molecular formula is C33H32F3N3O7S. The van der Waals surface area contributed by atoms with Crippen molar-refractivity contribution in [1.29, 1.82) is 5.26 Å². The maximum atomic E-state index is 13.7. The van der Waals surface area contributed by atoms with Gasteiger partial charge in [0.2, 0.25) is 5.11 Å². The molecule has 3 aromatic carbocycles. The molecule has 0 bridgehead atoms. The van der Waals surface area contributed by atoms with Gasteiger partial charge in [-0.25, -0.2) is 9.00 Å². The number of nitrogens with zero attached hydrogens (tertiary/aromatic N) is 3. The monoisotopic (exact) mass is 671 g/mol. The number of anilines is 2. The van der Waals surface area contributed by atoms with Crippen LogP contribution in [0.15, 0.2) is 66.7 Å². The zero-order chi connectivity index (χ0) is 34.2. The summed E-state index contributed by atoms with van der Waals surface area (Å²) in [7, 11) is 0. The molecule has 0 spiro atoms. The van der Waals surface area contributed by atoms with Crippen LogP contribution in [0.5, 0.6) is 5.75 Å². The number of amides is 1. The zero-order valence-corrected chi connectivity index (χ0v) is 26.7. The molecule has 1 saturated heterocycles. The highest BCUT2D eigenvalue weighted by atomic mass is 32.1. The van der Waals surface area contributed by atoms with E-state index in [-0.39, 0.29) is 35.3 Å². The summed E-state index contributed by atoms with van der Waals surface area (Å²) < 4.78 is 74.4. The number of benzene rings is 3. The average molecular weight is 672 g/mol. The fourth-order valence-electron chi connectivity index (χ4n) is 4.88. The lowest BCUT2D eigenvalue weighted by atomic mass is 10.0. The molecule has 10 nitrogen and oxygen atoms in total. The Hall–Kier alpha value is -4.71. The van der Waals surface area contributed by atoms with Crippen LogP contribution in [0.4, 0.5) is 24.5 Å². The molecule has 1 fully saturated rings. The van der Waals surface area contributed by atoms with E-state index < -0.39 is 34.7 Å². The van der Waals surface area contributed by atoms with Crippen LogP contribution in [0, 0.1) is 11.3 Å². The minimum atomic E-state index is -4.83. The van der Waals surface area contributed by atoms with E-state index >= 15 is 0 Å². The predicted molar refractivity (Wildman–Crippen MR) is 169 cm³/mol. The molecule has 0 saturated carbocycles. The molecular weight excluding hydrogens is 639 g/mol. The van der Waals surface area contributed by atoms with Gasteiger partial charge in [0.05, 0.1) is 49.3 Å². The van der Waals surface area contributed by atoms with Gasteiger partial charge in [-0.1, -0.05) is 24.3 Å².